The van der Waals surface area contributed by atoms with Crippen molar-refractivity contribution < 1.29 is 37.4 Å². The topological polar surface area (TPSA) is 222 Å². The molecule has 3 amide bonds. The zero-order valence-corrected chi connectivity index (χ0v) is 31.7. The number of nitrogens with one attached hydrogen (secondary N) is 1. The smallest absolute Gasteiger partial charge is 0.345 e. The second-order valence-corrected chi connectivity index (χ2v) is 13.6. The van der Waals surface area contributed by atoms with Crippen molar-refractivity contribution in [3.05, 3.63) is 81.5 Å². The number of nitrogens with zero attached hydrogens (tertiary/aromatic N) is 8. The van der Waals surface area contributed by atoms with E-state index in [-0.39, 0.29) is 54.7 Å². The molecular weight excluding hydrogens is 753 g/mol. The highest BCUT2D eigenvalue weighted by Crippen LogP contribution is 2.31. The third-order valence-electron chi connectivity index (χ3n) is 8.63. The zero-order valence-electron chi connectivity index (χ0n) is 30.9. The number of carbonyl (C=O) groups excluding carboxylic acids is 4. The van der Waals surface area contributed by atoms with Crippen LogP contribution in [-0.2, 0) is 37.3 Å². The molecule has 5 aromatic heterocycles. The molecule has 1 aromatic carbocycles. The fraction of sp³-hybridized carbons (Fsp3) is 0.333. The van der Waals surface area contributed by atoms with Gasteiger partial charge in [-0.15, -0.1) is 11.3 Å². The molecule has 0 spiro atoms. The van der Waals surface area contributed by atoms with Gasteiger partial charge in [0.05, 0.1) is 34.8 Å². The molecule has 0 unspecified atom stereocenters. The van der Waals surface area contributed by atoms with Crippen molar-refractivity contribution in [2.24, 2.45) is 11.5 Å². The number of anilines is 1. The standard InChI is InChI=1S/C36H39F2N11O6S/c1-5-48-24(13-19(3)44-48)26(50)18-29-41-22-15-21(31(39)51)16-27(54-11-12-55-35(37)38)30(22)46(29)9-7-8-10-47-34-23(17-28(56-34)32(40)52)42-36(47)43-33(53)25-14-20(4)45-49(25)6-2/h7-8,13-17,35H,5-6,9-12,18H2,1-4H3,(H2,39,51)(H2,40,52)(H,42,43,53)/b8-7+. The third-order valence-corrected chi connectivity index (χ3v) is 9.79. The van der Waals surface area contributed by atoms with Crippen LogP contribution in [0.25, 0.3) is 21.4 Å². The molecule has 0 fully saturated rings. The van der Waals surface area contributed by atoms with E-state index in [1.807, 2.05) is 13.8 Å². The molecule has 0 bridgehead atoms. The van der Waals surface area contributed by atoms with Gasteiger partial charge in [-0.2, -0.15) is 19.0 Å². The Kier molecular flexibility index (Phi) is 11.7. The summed E-state index contributed by atoms with van der Waals surface area (Å²) in [5.74, 6) is -1.42. The first kappa shape index (κ1) is 39.4. The molecule has 0 saturated heterocycles. The van der Waals surface area contributed by atoms with Gasteiger partial charge in [0, 0.05) is 31.7 Å². The summed E-state index contributed by atoms with van der Waals surface area (Å²) in [4.78, 5) is 61.6. The SMILES string of the molecule is CCn1nc(C)cc1C(=O)Cc1nc2cc(C(N)=O)cc(OCCOC(F)F)c2n1C/C=C/Cn1c(NC(=O)c2cc(C)nn2CC)nc2cc(C(N)=O)sc21. The number of rotatable bonds is 18. The van der Waals surface area contributed by atoms with Gasteiger partial charge in [-0.3, -0.25) is 38.4 Å². The Labute approximate surface area is 321 Å². The van der Waals surface area contributed by atoms with Crippen molar-refractivity contribution in [3.63, 3.8) is 0 Å². The average Bonchev–Trinajstić information content (AvgIpc) is 3.96. The van der Waals surface area contributed by atoms with E-state index in [1.165, 1.54) is 12.1 Å². The number of Topliss-reactive ketones (excluding diaryl/α,β-unsaturated/α-hetero) is 1. The minimum Gasteiger partial charge on any atom is -0.489 e. The molecule has 0 aliphatic heterocycles. The minimum atomic E-state index is -3.00. The second-order valence-electron chi connectivity index (χ2n) is 12.5. The van der Waals surface area contributed by atoms with Crippen LogP contribution in [0.5, 0.6) is 5.75 Å². The molecule has 0 aliphatic carbocycles. The Balaban J connectivity index is 1.36. The number of primary amides is 2. The number of hydrogen-bond donors (Lipinski definition) is 3. The number of amides is 3. The monoisotopic (exact) mass is 791 g/mol. The highest BCUT2D eigenvalue weighted by atomic mass is 32.1. The van der Waals surface area contributed by atoms with Crippen LogP contribution in [0.2, 0.25) is 0 Å². The van der Waals surface area contributed by atoms with Crippen LogP contribution >= 0.6 is 11.3 Å². The Morgan fingerprint density at radius 3 is 2.16 bits per heavy atom. The lowest BCUT2D eigenvalue weighted by Gasteiger charge is -2.13. The van der Waals surface area contributed by atoms with Gasteiger partial charge in [0.15, 0.2) is 5.78 Å². The number of aromatic nitrogens is 8. The van der Waals surface area contributed by atoms with Crippen LogP contribution in [0.4, 0.5) is 14.7 Å². The number of imidazole rings is 2. The van der Waals surface area contributed by atoms with Crippen LogP contribution in [0.15, 0.2) is 42.5 Å². The van der Waals surface area contributed by atoms with Gasteiger partial charge >= 0.3 is 6.61 Å². The quantitative estimate of drug-likeness (QED) is 0.0638. The van der Waals surface area contributed by atoms with Crippen molar-refractivity contribution in [2.45, 2.75) is 66.9 Å². The van der Waals surface area contributed by atoms with Gasteiger partial charge in [0.1, 0.15) is 45.4 Å². The van der Waals surface area contributed by atoms with E-state index in [0.717, 1.165) is 11.3 Å². The fourth-order valence-electron chi connectivity index (χ4n) is 6.19. The van der Waals surface area contributed by atoms with Crippen LogP contribution in [0, 0.1) is 13.8 Å². The molecule has 6 rings (SSSR count). The maximum absolute atomic E-state index is 13.7. The number of aryl methyl sites for hydroxylation is 4. The van der Waals surface area contributed by atoms with Crippen molar-refractivity contribution >= 4 is 62.2 Å². The number of hydrogen-bond acceptors (Lipinski definition) is 11. The number of fused-ring (bicyclic) bond motifs is 2. The summed E-state index contributed by atoms with van der Waals surface area (Å²) in [6.07, 6.45) is 3.42. The first-order valence-corrected chi connectivity index (χ1v) is 18.3. The molecule has 294 valence electrons. The molecule has 17 nitrogen and oxygen atoms in total. The molecule has 0 aliphatic rings. The number of carbonyl (C=O) groups is 4. The molecule has 20 heteroatoms. The first-order chi connectivity index (χ1) is 26.8. The van der Waals surface area contributed by atoms with Gasteiger partial charge in [-0.05, 0) is 58.0 Å². The van der Waals surface area contributed by atoms with Crippen molar-refractivity contribution in [3.8, 4) is 5.75 Å². The first-order valence-electron chi connectivity index (χ1n) is 17.5. The summed E-state index contributed by atoms with van der Waals surface area (Å²) in [5.41, 5.74) is 14.4. The minimum absolute atomic E-state index is 0.0576. The van der Waals surface area contributed by atoms with Crippen LogP contribution < -0.4 is 21.5 Å². The molecule has 6 aromatic rings. The van der Waals surface area contributed by atoms with Crippen LogP contribution in [0.1, 0.15) is 72.1 Å². The molecule has 56 heavy (non-hydrogen) atoms. The summed E-state index contributed by atoms with van der Waals surface area (Å²) >= 11 is 1.13. The van der Waals surface area contributed by atoms with E-state index < -0.39 is 30.9 Å². The number of halogens is 2. The van der Waals surface area contributed by atoms with E-state index in [2.05, 4.69) is 25.2 Å². The van der Waals surface area contributed by atoms with Gasteiger partial charge < -0.3 is 25.5 Å². The number of alkyl halides is 2. The molecule has 5 N–H and O–H groups in total. The number of allylic oxidation sites excluding steroid dienone is 2. The van der Waals surface area contributed by atoms with Crippen molar-refractivity contribution in [1.29, 1.82) is 0 Å². The number of ketones is 1. The summed E-state index contributed by atoms with van der Waals surface area (Å²) in [5, 5.41) is 11.6. The van der Waals surface area contributed by atoms with E-state index in [4.69, 9.17) is 21.2 Å². The van der Waals surface area contributed by atoms with Crippen LogP contribution in [-0.4, -0.2) is 82.0 Å². The van der Waals surface area contributed by atoms with E-state index in [1.54, 1.807) is 62.7 Å². The van der Waals surface area contributed by atoms with Gasteiger partial charge in [-0.25, -0.2) is 9.97 Å². The van der Waals surface area contributed by atoms with Gasteiger partial charge in [0.25, 0.3) is 11.8 Å². The largest absolute Gasteiger partial charge is 0.489 e. The van der Waals surface area contributed by atoms with E-state index >= 15 is 0 Å². The maximum atomic E-state index is 13.7. The summed E-state index contributed by atoms with van der Waals surface area (Å²) in [7, 11) is 0. The summed E-state index contributed by atoms with van der Waals surface area (Å²) in [6, 6.07) is 7.76. The molecule has 0 saturated carbocycles. The number of benzene rings is 1. The fourth-order valence-corrected chi connectivity index (χ4v) is 7.15. The lowest BCUT2D eigenvalue weighted by atomic mass is 10.1. The predicted octanol–water partition coefficient (Wildman–Crippen LogP) is 4.25. The lowest BCUT2D eigenvalue weighted by Crippen LogP contribution is -2.20. The van der Waals surface area contributed by atoms with E-state index in [0.29, 0.717) is 62.4 Å². The maximum Gasteiger partial charge on any atom is 0.345 e. The second kappa shape index (κ2) is 16.6. The highest BCUT2D eigenvalue weighted by molar-refractivity contribution is 7.20. The Bertz CT molecular complexity index is 2490. The number of thiophene rings is 1. The van der Waals surface area contributed by atoms with Crippen LogP contribution in [0.3, 0.4) is 0 Å². The van der Waals surface area contributed by atoms with Crippen molar-refractivity contribution in [1.82, 2.24) is 38.7 Å². The zero-order chi connectivity index (χ0) is 40.3. The normalized spacial score (nSPS) is 11.8. The molecular formula is C36H39F2N11O6S. The number of nitrogens with two attached hydrogens (primary N) is 2. The van der Waals surface area contributed by atoms with Gasteiger partial charge in [-0.1, -0.05) is 12.2 Å². The summed E-state index contributed by atoms with van der Waals surface area (Å²) in [6.45, 7) is 4.81. The third kappa shape index (κ3) is 8.35. The Hall–Kier alpha value is -6.28. The molecule has 0 atom stereocenters. The summed E-state index contributed by atoms with van der Waals surface area (Å²) < 4.78 is 42.2. The predicted molar refractivity (Wildman–Crippen MR) is 202 cm³/mol. The molecule has 5 heterocycles. The molecule has 0 radical (unpaired) electrons. The Morgan fingerprint density at radius 1 is 0.857 bits per heavy atom. The highest BCUT2D eigenvalue weighted by Gasteiger charge is 2.23. The van der Waals surface area contributed by atoms with E-state index in [9.17, 15) is 28.0 Å². The number of ether oxygens (including phenoxy) is 2. The lowest BCUT2D eigenvalue weighted by molar-refractivity contribution is -0.133. The average molecular weight is 792 g/mol. The van der Waals surface area contributed by atoms with Gasteiger partial charge in [0.2, 0.25) is 11.9 Å². The Morgan fingerprint density at radius 2 is 1.52 bits per heavy atom. The van der Waals surface area contributed by atoms with Crippen molar-refractivity contribution in [2.75, 3.05) is 18.5 Å².